The molecule has 1 aromatic carbocycles. The van der Waals surface area contributed by atoms with Crippen LogP contribution in [0.2, 0.25) is 5.02 Å². The minimum atomic E-state index is -0.511. The number of carbonyl (C=O) groups excluding carboxylic acids is 1. The fourth-order valence-electron chi connectivity index (χ4n) is 1.22. The number of esters is 1. The maximum Gasteiger partial charge on any atom is 0.341 e. The van der Waals surface area contributed by atoms with Crippen molar-refractivity contribution in [2.24, 2.45) is 10.7 Å². The molecule has 0 atom stereocenters. The van der Waals surface area contributed by atoms with Crippen molar-refractivity contribution in [3.63, 3.8) is 0 Å². The Kier molecular flexibility index (Phi) is 4.72. The molecule has 2 N–H and O–H groups in total. The number of hydrogen-bond acceptors (Lipinski definition) is 4. The molecule has 90 valence electrons. The van der Waals surface area contributed by atoms with E-state index >= 15 is 0 Å². The molecule has 17 heavy (non-hydrogen) atoms. The third-order valence-electron chi connectivity index (χ3n) is 2.09. The van der Waals surface area contributed by atoms with Gasteiger partial charge in [0.25, 0.3) is 0 Å². The van der Waals surface area contributed by atoms with Crippen LogP contribution in [0.1, 0.15) is 6.92 Å². The zero-order chi connectivity index (χ0) is 12.8. The van der Waals surface area contributed by atoms with E-state index in [0.717, 1.165) is 0 Å². The minimum absolute atomic E-state index is 0.238. The quantitative estimate of drug-likeness (QED) is 0.511. The zero-order valence-corrected chi connectivity index (χ0v) is 10.4. The molecule has 0 aliphatic rings. The van der Waals surface area contributed by atoms with Gasteiger partial charge in [-0.2, -0.15) is 0 Å². The summed E-state index contributed by atoms with van der Waals surface area (Å²) in [6.45, 7) is 1.68. The van der Waals surface area contributed by atoms with Gasteiger partial charge in [0.05, 0.1) is 24.1 Å². The monoisotopic (exact) mass is 252 g/mol. The number of methoxy groups -OCH3 is 1. The highest BCUT2D eigenvalue weighted by Gasteiger charge is 2.12. The topological polar surface area (TPSA) is 64.7 Å². The first-order valence-electron chi connectivity index (χ1n) is 4.90. The third-order valence-corrected chi connectivity index (χ3v) is 2.34. The third kappa shape index (κ3) is 3.60. The van der Waals surface area contributed by atoms with Crippen LogP contribution in [0.15, 0.2) is 41.0 Å². The molecule has 1 rings (SSSR count). The molecule has 0 aliphatic heterocycles. The molecule has 0 spiro atoms. The second kappa shape index (κ2) is 6.06. The minimum Gasteiger partial charge on any atom is -0.465 e. The van der Waals surface area contributed by atoms with Gasteiger partial charge in [0, 0.05) is 11.2 Å². The average Bonchev–Trinajstić information content (AvgIpc) is 2.32. The Balaban J connectivity index is 2.99. The number of halogens is 1. The number of rotatable bonds is 3. The Morgan fingerprint density at radius 3 is 2.47 bits per heavy atom. The lowest BCUT2D eigenvalue weighted by molar-refractivity contribution is -0.135. The first-order chi connectivity index (χ1) is 8.08. The highest BCUT2D eigenvalue weighted by Crippen LogP contribution is 2.17. The summed E-state index contributed by atoms with van der Waals surface area (Å²) in [4.78, 5) is 15.6. The van der Waals surface area contributed by atoms with E-state index in [0.29, 0.717) is 16.4 Å². The molecule has 0 unspecified atom stereocenters. The molecule has 0 fully saturated rings. The smallest absolute Gasteiger partial charge is 0.341 e. The Hall–Kier alpha value is -1.81. The molecule has 0 bridgehead atoms. The second-order valence-corrected chi connectivity index (χ2v) is 3.68. The van der Waals surface area contributed by atoms with Gasteiger partial charge in [-0.1, -0.05) is 11.6 Å². The molecule has 0 radical (unpaired) electrons. The molecular weight excluding hydrogens is 240 g/mol. The SMILES string of the molecule is COC(=O)/C(=C/N)C(C)=Nc1ccc(Cl)cc1. The summed E-state index contributed by atoms with van der Waals surface area (Å²) in [7, 11) is 1.29. The van der Waals surface area contributed by atoms with E-state index in [-0.39, 0.29) is 5.57 Å². The lowest BCUT2D eigenvalue weighted by Gasteiger charge is -2.04. The number of nitrogens with two attached hydrogens (primary N) is 1. The van der Waals surface area contributed by atoms with E-state index in [1.54, 1.807) is 31.2 Å². The van der Waals surface area contributed by atoms with Crippen molar-refractivity contribution < 1.29 is 9.53 Å². The van der Waals surface area contributed by atoms with Crippen LogP contribution in [0.5, 0.6) is 0 Å². The molecule has 0 heterocycles. The fraction of sp³-hybridized carbons (Fsp3) is 0.167. The normalized spacial score (nSPS) is 12.4. The van der Waals surface area contributed by atoms with Gasteiger partial charge in [-0.05, 0) is 31.2 Å². The first kappa shape index (κ1) is 13.3. The maximum atomic E-state index is 11.4. The standard InChI is InChI=1S/C12H13ClN2O2/c1-8(11(7-14)12(16)17-2)15-10-5-3-9(13)4-6-10/h3-7H,14H2,1-2H3/b11-7+,15-8?. The highest BCUT2D eigenvalue weighted by molar-refractivity contribution is 6.30. The zero-order valence-electron chi connectivity index (χ0n) is 9.61. The molecule has 0 aromatic heterocycles. The van der Waals surface area contributed by atoms with Crippen molar-refractivity contribution in [1.29, 1.82) is 0 Å². The molecule has 0 saturated heterocycles. The number of carbonyl (C=O) groups is 1. The van der Waals surface area contributed by atoms with E-state index in [2.05, 4.69) is 9.73 Å². The molecule has 5 heteroatoms. The van der Waals surface area contributed by atoms with E-state index in [9.17, 15) is 4.79 Å². The lowest BCUT2D eigenvalue weighted by Crippen LogP contribution is -2.13. The highest BCUT2D eigenvalue weighted by atomic mass is 35.5. The van der Waals surface area contributed by atoms with Crippen molar-refractivity contribution >= 4 is 29.0 Å². The van der Waals surface area contributed by atoms with Crippen LogP contribution in [0, 0.1) is 0 Å². The molecule has 4 nitrogen and oxygen atoms in total. The predicted octanol–water partition coefficient (Wildman–Crippen LogP) is 2.45. The van der Waals surface area contributed by atoms with Gasteiger partial charge in [0.1, 0.15) is 0 Å². The van der Waals surface area contributed by atoms with Gasteiger partial charge in [0.2, 0.25) is 0 Å². The second-order valence-electron chi connectivity index (χ2n) is 3.25. The number of nitrogens with zero attached hydrogens (tertiary/aromatic N) is 1. The number of hydrogen-bond donors (Lipinski definition) is 1. The Morgan fingerprint density at radius 2 is 2.00 bits per heavy atom. The molecule has 0 saturated carbocycles. The number of aliphatic imine (C=N–C) groups is 1. The number of benzene rings is 1. The molecule has 0 amide bonds. The summed E-state index contributed by atoms with van der Waals surface area (Å²) < 4.78 is 4.59. The summed E-state index contributed by atoms with van der Waals surface area (Å²) in [5.74, 6) is -0.511. The summed E-state index contributed by atoms with van der Waals surface area (Å²) in [5.41, 5.74) is 6.78. The van der Waals surface area contributed by atoms with Gasteiger partial charge in [-0.15, -0.1) is 0 Å². The van der Waals surface area contributed by atoms with E-state index in [1.165, 1.54) is 13.3 Å². The summed E-state index contributed by atoms with van der Waals surface area (Å²) in [6, 6.07) is 6.93. The average molecular weight is 253 g/mol. The van der Waals surface area contributed by atoms with Gasteiger partial charge in [-0.3, -0.25) is 4.99 Å². The van der Waals surface area contributed by atoms with Crippen LogP contribution in [-0.4, -0.2) is 18.8 Å². The maximum absolute atomic E-state index is 11.4. The summed E-state index contributed by atoms with van der Waals surface area (Å²) in [5, 5.41) is 0.629. The van der Waals surface area contributed by atoms with E-state index in [4.69, 9.17) is 17.3 Å². The van der Waals surface area contributed by atoms with Crippen molar-refractivity contribution in [2.45, 2.75) is 6.92 Å². The van der Waals surface area contributed by atoms with Gasteiger partial charge >= 0.3 is 5.97 Å². The van der Waals surface area contributed by atoms with Crippen LogP contribution in [-0.2, 0) is 9.53 Å². The van der Waals surface area contributed by atoms with Crippen LogP contribution in [0.25, 0.3) is 0 Å². The largest absolute Gasteiger partial charge is 0.465 e. The Morgan fingerprint density at radius 1 is 1.41 bits per heavy atom. The Bertz CT molecular complexity index is 464. The van der Waals surface area contributed by atoms with Crippen LogP contribution >= 0.6 is 11.6 Å². The van der Waals surface area contributed by atoms with Gasteiger partial charge < -0.3 is 10.5 Å². The Labute approximate surface area is 105 Å². The number of ether oxygens (including phenoxy) is 1. The van der Waals surface area contributed by atoms with Gasteiger partial charge in [0.15, 0.2) is 0 Å². The molecule has 0 aliphatic carbocycles. The fourth-order valence-corrected chi connectivity index (χ4v) is 1.34. The van der Waals surface area contributed by atoms with Crippen molar-refractivity contribution in [2.75, 3.05) is 7.11 Å². The van der Waals surface area contributed by atoms with Crippen molar-refractivity contribution in [3.8, 4) is 0 Å². The van der Waals surface area contributed by atoms with Crippen molar-refractivity contribution in [1.82, 2.24) is 0 Å². The first-order valence-corrected chi connectivity index (χ1v) is 5.27. The predicted molar refractivity (Wildman–Crippen MR) is 68.5 cm³/mol. The molecular formula is C12H13ClN2O2. The summed E-state index contributed by atoms with van der Waals surface area (Å²) >= 11 is 5.76. The van der Waals surface area contributed by atoms with Crippen LogP contribution in [0.4, 0.5) is 5.69 Å². The van der Waals surface area contributed by atoms with Crippen LogP contribution < -0.4 is 5.73 Å². The lowest BCUT2D eigenvalue weighted by atomic mass is 10.2. The molecule has 1 aromatic rings. The van der Waals surface area contributed by atoms with Crippen molar-refractivity contribution in [3.05, 3.63) is 41.1 Å². The van der Waals surface area contributed by atoms with Gasteiger partial charge in [-0.25, -0.2) is 4.79 Å². The van der Waals surface area contributed by atoms with E-state index in [1.807, 2.05) is 0 Å². The van der Waals surface area contributed by atoms with Crippen LogP contribution in [0.3, 0.4) is 0 Å². The van der Waals surface area contributed by atoms with E-state index < -0.39 is 5.97 Å². The summed E-state index contributed by atoms with van der Waals surface area (Å²) in [6.07, 6.45) is 1.18.